The van der Waals surface area contributed by atoms with E-state index < -0.39 is 0 Å². The third-order valence-corrected chi connectivity index (χ3v) is 4.74. The van der Waals surface area contributed by atoms with Crippen molar-refractivity contribution >= 4 is 6.08 Å². The van der Waals surface area contributed by atoms with E-state index in [1.807, 2.05) is 18.2 Å². The number of allylic oxidation sites excluding steroid dienone is 2. The maximum Gasteiger partial charge on any atom is 0.0930 e. The number of aromatic nitrogens is 2. The first-order chi connectivity index (χ1) is 13.7. The summed E-state index contributed by atoms with van der Waals surface area (Å²) in [5.41, 5.74) is 4.14. The summed E-state index contributed by atoms with van der Waals surface area (Å²) >= 11 is 0. The van der Waals surface area contributed by atoms with E-state index in [1.54, 1.807) is 0 Å². The van der Waals surface area contributed by atoms with Crippen molar-refractivity contribution in [3.63, 3.8) is 0 Å². The summed E-state index contributed by atoms with van der Waals surface area (Å²) in [6.45, 7) is 9.05. The minimum absolute atomic E-state index is 0.349. The predicted molar refractivity (Wildman–Crippen MR) is 119 cm³/mol. The van der Waals surface area contributed by atoms with Crippen molar-refractivity contribution in [2.75, 3.05) is 6.61 Å². The lowest BCUT2D eigenvalue weighted by molar-refractivity contribution is 0.0566. The quantitative estimate of drug-likeness (QED) is 0.289. The van der Waals surface area contributed by atoms with Crippen LogP contribution in [0.4, 0.5) is 0 Å². The molecule has 1 aromatic heterocycles. The number of hydrogen-bond donors (Lipinski definition) is 0. The van der Waals surface area contributed by atoms with Crippen LogP contribution in [-0.4, -0.2) is 22.9 Å². The third kappa shape index (κ3) is 8.18. The van der Waals surface area contributed by atoms with E-state index in [-0.39, 0.29) is 0 Å². The SMILES string of the molecule is C=CCc1ccc(-c2ccc(C=CCCCC(C)OCCCCC)nn2)cc1. The Morgan fingerprint density at radius 2 is 1.86 bits per heavy atom. The van der Waals surface area contributed by atoms with Gasteiger partial charge in [0.05, 0.1) is 17.5 Å². The second-order valence-corrected chi connectivity index (χ2v) is 7.25. The van der Waals surface area contributed by atoms with Gasteiger partial charge < -0.3 is 4.74 Å². The number of benzene rings is 1. The number of nitrogens with zero attached hydrogens (tertiary/aromatic N) is 2. The summed E-state index contributed by atoms with van der Waals surface area (Å²) in [7, 11) is 0. The van der Waals surface area contributed by atoms with Crippen molar-refractivity contribution in [1.82, 2.24) is 10.2 Å². The highest BCUT2D eigenvalue weighted by Gasteiger charge is 2.02. The Balaban J connectivity index is 1.72. The molecule has 1 atom stereocenters. The first-order valence-corrected chi connectivity index (χ1v) is 10.5. The van der Waals surface area contributed by atoms with Gasteiger partial charge >= 0.3 is 0 Å². The van der Waals surface area contributed by atoms with Crippen molar-refractivity contribution in [3.05, 3.63) is 66.4 Å². The van der Waals surface area contributed by atoms with Crippen LogP contribution < -0.4 is 0 Å². The maximum absolute atomic E-state index is 5.83. The Bertz CT molecular complexity index is 704. The molecular weight excluding hydrogens is 344 g/mol. The highest BCUT2D eigenvalue weighted by Crippen LogP contribution is 2.17. The van der Waals surface area contributed by atoms with E-state index in [9.17, 15) is 0 Å². The maximum atomic E-state index is 5.83. The topological polar surface area (TPSA) is 35.0 Å². The highest BCUT2D eigenvalue weighted by atomic mass is 16.5. The van der Waals surface area contributed by atoms with Gasteiger partial charge in [-0.25, -0.2) is 0 Å². The Hall–Kier alpha value is -2.26. The van der Waals surface area contributed by atoms with Crippen LogP contribution in [0.2, 0.25) is 0 Å². The molecule has 1 heterocycles. The molecule has 0 saturated heterocycles. The fourth-order valence-corrected chi connectivity index (χ4v) is 3.01. The molecule has 0 radical (unpaired) electrons. The van der Waals surface area contributed by atoms with Gasteiger partial charge in [-0.3, -0.25) is 0 Å². The molecule has 150 valence electrons. The highest BCUT2D eigenvalue weighted by molar-refractivity contribution is 5.60. The van der Waals surface area contributed by atoms with E-state index in [0.29, 0.717) is 6.10 Å². The van der Waals surface area contributed by atoms with Crippen molar-refractivity contribution in [2.45, 2.75) is 64.9 Å². The molecule has 0 bridgehead atoms. The van der Waals surface area contributed by atoms with E-state index in [1.165, 1.54) is 24.8 Å². The first kappa shape index (κ1) is 22.0. The fraction of sp³-hybridized carbons (Fsp3) is 0.440. The van der Waals surface area contributed by atoms with Gasteiger partial charge in [-0.15, -0.1) is 11.7 Å². The molecule has 0 aliphatic heterocycles. The van der Waals surface area contributed by atoms with Crippen LogP contribution in [0, 0.1) is 0 Å². The lowest BCUT2D eigenvalue weighted by Gasteiger charge is -2.11. The molecule has 0 N–H and O–H groups in total. The monoisotopic (exact) mass is 378 g/mol. The molecule has 1 aromatic carbocycles. The normalized spacial score (nSPS) is 12.4. The minimum atomic E-state index is 0.349. The molecule has 0 saturated carbocycles. The number of ether oxygens (including phenoxy) is 1. The zero-order valence-electron chi connectivity index (χ0n) is 17.4. The van der Waals surface area contributed by atoms with E-state index in [2.05, 4.69) is 67.0 Å². The summed E-state index contributed by atoms with van der Waals surface area (Å²) in [6, 6.07) is 12.5. The summed E-state index contributed by atoms with van der Waals surface area (Å²) in [4.78, 5) is 0. The van der Waals surface area contributed by atoms with Crippen molar-refractivity contribution in [2.24, 2.45) is 0 Å². The van der Waals surface area contributed by atoms with Crippen LogP contribution >= 0.6 is 0 Å². The summed E-state index contributed by atoms with van der Waals surface area (Å²) in [6.07, 6.45) is 14.3. The van der Waals surface area contributed by atoms with Crippen LogP contribution in [0.15, 0.2) is 55.1 Å². The molecule has 3 nitrogen and oxygen atoms in total. The molecule has 0 aliphatic carbocycles. The second kappa shape index (κ2) is 13.0. The smallest absolute Gasteiger partial charge is 0.0930 e. The Kier molecular flexibility index (Phi) is 10.2. The standard InChI is InChI=1S/C25H34N2O/c1-4-6-10-20-28-21(3)12-8-7-9-13-24-18-19-25(27-26-24)23-16-14-22(11-5-2)15-17-23/h5,9,13-19,21H,2,4,6-8,10-12,20H2,1,3H3. The molecule has 2 aromatic rings. The molecule has 0 fully saturated rings. The van der Waals surface area contributed by atoms with Crippen molar-refractivity contribution in [3.8, 4) is 11.3 Å². The molecule has 3 heteroatoms. The molecule has 0 amide bonds. The van der Waals surface area contributed by atoms with Gasteiger partial charge in [0.25, 0.3) is 0 Å². The Morgan fingerprint density at radius 1 is 1.04 bits per heavy atom. The van der Waals surface area contributed by atoms with Gasteiger partial charge in [0.15, 0.2) is 0 Å². The first-order valence-electron chi connectivity index (χ1n) is 10.5. The largest absolute Gasteiger partial charge is 0.379 e. The minimum Gasteiger partial charge on any atom is -0.379 e. The van der Waals surface area contributed by atoms with Crippen LogP contribution in [0.1, 0.15) is 63.6 Å². The molecular formula is C25H34N2O. The van der Waals surface area contributed by atoms with Gasteiger partial charge in [0.1, 0.15) is 0 Å². The average molecular weight is 379 g/mol. The lowest BCUT2D eigenvalue weighted by atomic mass is 10.1. The molecule has 28 heavy (non-hydrogen) atoms. The number of rotatable bonds is 13. The predicted octanol–water partition coefficient (Wildman–Crippen LogP) is 6.65. The Labute approximate surface area is 170 Å². The zero-order valence-corrected chi connectivity index (χ0v) is 17.4. The van der Waals surface area contributed by atoms with Crippen molar-refractivity contribution in [1.29, 1.82) is 0 Å². The summed E-state index contributed by atoms with van der Waals surface area (Å²) < 4.78 is 5.83. The second-order valence-electron chi connectivity index (χ2n) is 7.25. The van der Waals surface area contributed by atoms with Crippen LogP contribution in [0.25, 0.3) is 17.3 Å². The fourth-order valence-electron chi connectivity index (χ4n) is 3.01. The lowest BCUT2D eigenvalue weighted by Crippen LogP contribution is -2.08. The Morgan fingerprint density at radius 3 is 2.54 bits per heavy atom. The van der Waals surface area contributed by atoms with E-state index >= 15 is 0 Å². The average Bonchev–Trinajstić information content (AvgIpc) is 2.72. The zero-order chi connectivity index (χ0) is 20.0. The van der Waals surface area contributed by atoms with Gasteiger partial charge in [-0.2, -0.15) is 5.10 Å². The van der Waals surface area contributed by atoms with Crippen LogP contribution in [-0.2, 0) is 11.2 Å². The molecule has 0 aliphatic rings. The van der Waals surface area contributed by atoms with Gasteiger partial charge in [-0.1, -0.05) is 56.2 Å². The van der Waals surface area contributed by atoms with Crippen LogP contribution in [0.3, 0.4) is 0 Å². The van der Waals surface area contributed by atoms with E-state index in [0.717, 1.165) is 49.2 Å². The van der Waals surface area contributed by atoms with Gasteiger partial charge in [0.2, 0.25) is 0 Å². The summed E-state index contributed by atoms with van der Waals surface area (Å²) in [5.74, 6) is 0. The molecule has 1 unspecified atom stereocenters. The number of hydrogen-bond acceptors (Lipinski definition) is 3. The number of unbranched alkanes of at least 4 members (excludes halogenated alkanes) is 3. The van der Waals surface area contributed by atoms with Crippen LogP contribution in [0.5, 0.6) is 0 Å². The molecule has 0 spiro atoms. The van der Waals surface area contributed by atoms with E-state index in [4.69, 9.17) is 4.74 Å². The summed E-state index contributed by atoms with van der Waals surface area (Å²) in [5, 5.41) is 8.69. The van der Waals surface area contributed by atoms with Crippen molar-refractivity contribution < 1.29 is 4.74 Å². The molecule has 2 rings (SSSR count). The van der Waals surface area contributed by atoms with Gasteiger partial charge in [-0.05, 0) is 62.8 Å². The van der Waals surface area contributed by atoms with Gasteiger partial charge in [0, 0.05) is 12.2 Å². The third-order valence-electron chi connectivity index (χ3n) is 4.74.